The highest BCUT2D eigenvalue weighted by atomic mass is 32.1. The normalized spacial score (nSPS) is 10.3. The van der Waals surface area contributed by atoms with Gasteiger partial charge in [-0.1, -0.05) is 5.16 Å². The van der Waals surface area contributed by atoms with Gasteiger partial charge in [-0.2, -0.15) is 4.98 Å². The predicted molar refractivity (Wildman–Crippen MR) is 69.4 cm³/mol. The van der Waals surface area contributed by atoms with Gasteiger partial charge in [0.05, 0.1) is 18.7 Å². The van der Waals surface area contributed by atoms with Crippen molar-refractivity contribution in [3.05, 3.63) is 22.8 Å². The van der Waals surface area contributed by atoms with E-state index in [1.807, 2.05) is 0 Å². The summed E-state index contributed by atoms with van der Waals surface area (Å²) >= 11 is 1.20. The van der Waals surface area contributed by atoms with Gasteiger partial charge in [0.2, 0.25) is 5.89 Å². The zero-order valence-electron chi connectivity index (χ0n) is 10.9. The highest BCUT2D eigenvalue weighted by molar-refractivity contribution is 7.14. The molecule has 0 saturated heterocycles. The molecule has 0 radical (unpaired) electrons. The Labute approximate surface area is 118 Å². The van der Waals surface area contributed by atoms with Crippen molar-refractivity contribution in [1.29, 1.82) is 0 Å². The molecule has 8 nitrogen and oxygen atoms in total. The van der Waals surface area contributed by atoms with Crippen molar-refractivity contribution >= 4 is 28.3 Å². The summed E-state index contributed by atoms with van der Waals surface area (Å²) in [5.74, 6) is -0.634. The molecule has 0 aromatic carbocycles. The maximum atomic E-state index is 11.7. The van der Waals surface area contributed by atoms with Crippen LogP contribution in [0.25, 0.3) is 0 Å². The Morgan fingerprint density at radius 1 is 1.45 bits per heavy atom. The molecule has 0 aliphatic heterocycles. The maximum absolute atomic E-state index is 11.7. The molecule has 106 valence electrons. The number of esters is 1. The molecule has 0 aliphatic carbocycles. The van der Waals surface area contributed by atoms with Gasteiger partial charge in [0.15, 0.2) is 5.13 Å². The number of amides is 1. The first-order valence-electron chi connectivity index (χ1n) is 5.80. The van der Waals surface area contributed by atoms with E-state index in [1.54, 1.807) is 19.2 Å². The smallest absolute Gasteiger partial charge is 0.311 e. The first-order chi connectivity index (χ1) is 9.58. The molecule has 0 unspecified atom stereocenters. The summed E-state index contributed by atoms with van der Waals surface area (Å²) in [5, 5.41) is 8.06. The van der Waals surface area contributed by atoms with E-state index in [2.05, 4.69) is 20.4 Å². The van der Waals surface area contributed by atoms with Crippen molar-refractivity contribution in [2.24, 2.45) is 0 Å². The average molecular weight is 296 g/mol. The second-order valence-electron chi connectivity index (χ2n) is 3.72. The quantitative estimate of drug-likeness (QED) is 0.826. The minimum absolute atomic E-state index is 0.0651. The first-order valence-corrected chi connectivity index (χ1v) is 6.68. The Kier molecular flexibility index (Phi) is 4.41. The molecule has 20 heavy (non-hydrogen) atoms. The fourth-order valence-electron chi connectivity index (χ4n) is 1.35. The van der Waals surface area contributed by atoms with Crippen molar-refractivity contribution in [3.8, 4) is 0 Å². The molecule has 0 saturated carbocycles. The number of aryl methyl sites for hydroxylation is 1. The summed E-state index contributed by atoms with van der Waals surface area (Å²) in [6.45, 7) is 3.64. The number of rotatable bonds is 5. The fourth-order valence-corrected chi connectivity index (χ4v) is 2.06. The summed E-state index contributed by atoms with van der Waals surface area (Å²) in [6.07, 6.45) is 0.0710. The summed E-state index contributed by atoms with van der Waals surface area (Å²) in [5.41, 5.74) is 0.535. The van der Waals surface area contributed by atoms with E-state index < -0.39 is 5.91 Å². The number of ether oxygens (including phenoxy) is 1. The van der Waals surface area contributed by atoms with Gasteiger partial charge in [-0.3, -0.25) is 14.9 Å². The van der Waals surface area contributed by atoms with Gasteiger partial charge >= 0.3 is 5.97 Å². The first kappa shape index (κ1) is 14.1. The third-order valence-corrected chi connectivity index (χ3v) is 2.94. The summed E-state index contributed by atoms with van der Waals surface area (Å²) in [4.78, 5) is 30.9. The van der Waals surface area contributed by atoms with E-state index in [1.165, 1.54) is 11.3 Å². The number of hydrogen-bond donors (Lipinski definition) is 1. The largest absolute Gasteiger partial charge is 0.466 e. The van der Waals surface area contributed by atoms with Crippen LogP contribution in [0.3, 0.4) is 0 Å². The number of nitrogens with one attached hydrogen (secondary N) is 1. The average Bonchev–Trinajstić information content (AvgIpc) is 2.99. The van der Waals surface area contributed by atoms with E-state index in [9.17, 15) is 9.59 Å². The van der Waals surface area contributed by atoms with Crippen LogP contribution in [0.2, 0.25) is 0 Å². The molecule has 2 heterocycles. The molecule has 0 atom stereocenters. The van der Waals surface area contributed by atoms with E-state index in [0.29, 0.717) is 23.3 Å². The van der Waals surface area contributed by atoms with Crippen LogP contribution < -0.4 is 5.32 Å². The lowest BCUT2D eigenvalue weighted by atomic mass is 10.3. The molecular weight excluding hydrogens is 284 g/mol. The number of carbonyl (C=O) groups is 2. The maximum Gasteiger partial charge on any atom is 0.311 e. The summed E-state index contributed by atoms with van der Waals surface area (Å²) in [6, 6.07) is 0. The minimum Gasteiger partial charge on any atom is -0.466 e. The van der Waals surface area contributed by atoms with Crippen molar-refractivity contribution in [2.75, 3.05) is 11.9 Å². The topological polar surface area (TPSA) is 107 Å². The highest BCUT2D eigenvalue weighted by Gasteiger charge is 2.15. The third kappa shape index (κ3) is 3.60. The molecule has 0 fully saturated rings. The molecule has 2 aromatic rings. The van der Waals surface area contributed by atoms with Gasteiger partial charge in [0, 0.05) is 12.3 Å². The highest BCUT2D eigenvalue weighted by Crippen LogP contribution is 2.16. The van der Waals surface area contributed by atoms with Crippen LogP contribution in [0.4, 0.5) is 5.13 Å². The summed E-state index contributed by atoms with van der Waals surface area (Å²) in [7, 11) is 0. The van der Waals surface area contributed by atoms with Crippen molar-refractivity contribution in [3.63, 3.8) is 0 Å². The van der Waals surface area contributed by atoms with Crippen molar-refractivity contribution in [1.82, 2.24) is 15.1 Å². The van der Waals surface area contributed by atoms with E-state index in [0.717, 1.165) is 0 Å². The SMILES string of the molecule is CCOC(=O)Cc1csc(NC(=O)c2noc(C)n2)n1. The second-order valence-corrected chi connectivity index (χ2v) is 4.58. The Morgan fingerprint density at radius 2 is 2.25 bits per heavy atom. The molecule has 0 spiro atoms. The Bertz CT molecular complexity index is 621. The predicted octanol–water partition coefficient (Wildman–Crippen LogP) is 1.19. The fraction of sp³-hybridized carbons (Fsp3) is 0.364. The molecule has 0 bridgehead atoms. The minimum atomic E-state index is -0.515. The molecular formula is C11H12N4O4S. The van der Waals surface area contributed by atoms with E-state index in [-0.39, 0.29) is 18.2 Å². The second kappa shape index (κ2) is 6.24. The number of carbonyl (C=O) groups excluding carboxylic acids is 2. The Balaban J connectivity index is 1.95. The van der Waals surface area contributed by atoms with Gasteiger partial charge in [-0.25, -0.2) is 4.98 Å². The number of thiazole rings is 1. The van der Waals surface area contributed by atoms with Crippen LogP contribution in [0.5, 0.6) is 0 Å². The molecule has 0 aliphatic rings. The Hall–Kier alpha value is -2.29. The lowest BCUT2D eigenvalue weighted by Crippen LogP contribution is -2.14. The molecule has 2 rings (SSSR count). The molecule has 1 amide bonds. The van der Waals surface area contributed by atoms with Crippen molar-refractivity contribution in [2.45, 2.75) is 20.3 Å². The van der Waals surface area contributed by atoms with Gasteiger partial charge < -0.3 is 9.26 Å². The lowest BCUT2D eigenvalue weighted by molar-refractivity contribution is -0.142. The van der Waals surface area contributed by atoms with E-state index >= 15 is 0 Å². The number of nitrogens with zero attached hydrogens (tertiary/aromatic N) is 3. The molecule has 2 aromatic heterocycles. The standard InChI is InChI=1S/C11H12N4O4S/c1-3-18-8(16)4-7-5-20-11(13-7)14-10(17)9-12-6(2)19-15-9/h5H,3-4H2,1-2H3,(H,13,14,17). The van der Waals surface area contributed by atoms with Gasteiger partial charge in [-0.15, -0.1) is 11.3 Å². The summed E-state index contributed by atoms with van der Waals surface area (Å²) < 4.78 is 9.52. The van der Waals surface area contributed by atoms with Crippen LogP contribution in [0.15, 0.2) is 9.90 Å². The van der Waals surface area contributed by atoms with Crippen LogP contribution in [0, 0.1) is 6.92 Å². The van der Waals surface area contributed by atoms with Gasteiger partial charge in [0.1, 0.15) is 0 Å². The van der Waals surface area contributed by atoms with Crippen molar-refractivity contribution < 1.29 is 18.8 Å². The van der Waals surface area contributed by atoms with E-state index in [4.69, 9.17) is 9.26 Å². The Morgan fingerprint density at radius 3 is 2.90 bits per heavy atom. The number of anilines is 1. The van der Waals surface area contributed by atoms with Crippen LogP contribution >= 0.6 is 11.3 Å². The van der Waals surface area contributed by atoms with Crippen LogP contribution in [-0.2, 0) is 16.0 Å². The van der Waals surface area contributed by atoms with Gasteiger partial charge in [-0.05, 0) is 6.92 Å². The third-order valence-electron chi connectivity index (χ3n) is 2.13. The number of hydrogen-bond acceptors (Lipinski definition) is 8. The molecule has 9 heteroatoms. The lowest BCUT2D eigenvalue weighted by Gasteiger charge is -1.98. The zero-order valence-corrected chi connectivity index (χ0v) is 11.7. The molecule has 1 N–H and O–H groups in total. The van der Waals surface area contributed by atoms with Crippen LogP contribution in [0.1, 0.15) is 29.1 Å². The van der Waals surface area contributed by atoms with Gasteiger partial charge in [0.25, 0.3) is 11.7 Å². The zero-order chi connectivity index (χ0) is 14.5. The van der Waals surface area contributed by atoms with Crippen LogP contribution in [-0.4, -0.2) is 33.6 Å². The monoisotopic (exact) mass is 296 g/mol. The number of aromatic nitrogens is 3.